The van der Waals surface area contributed by atoms with Crippen molar-refractivity contribution in [1.29, 1.82) is 0 Å². The minimum atomic E-state index is -0.374. The molecule has 7 nitrogen and oxygen atoms in total. The molecule has 112 valence electrons. The molecule has 0 atom stereocenters. The highest BCUT2D eigenvalue weighted by Gasteiger charge is 2.15. The van der Waals surface area contributed by atoms with Crippen LogP contribution in [0.2, 0.25) is 0 Å². The zero-order valence-electron chi connectivity index (χ0n) is 12.3. The van der Waals surface area contributed by atoms with E-state index in [0.717, 1.165) is 5.69 Å². The SMILES string of the molecule is CCN(CC(=O)Nc1cc(C(C)C)no1)CC(=O)OC. The smallest absolute Gasteiger partial charge is 0.319 e. The third-order valence-corrected chi connectivity index (χ3v) is 2.78. The fourth-order valence-electron chi connectivity index (χ4n) is 1.53. The summed E-state index contributed by atoms with van der Waals surface area (Å²) >= 11 is 0. The lowest BCUT2D eigenvalue weighted by Crippen LogP contribution is -2.37. The normalized spacial score (nSPS) is 10.9. The average Bonchev–Trinajstić information content (AvgIpc) is 2.86. The summed E-state index contributed by atoms with van der Waals surface area (Å²) in [6.07, 6.45) is 0. The number of ether oxygens (including phenoxy) is 1. The Morgan fingerprint density at radius 1 is 1.45 bits per heavy atom. The molecule has 0 fully saturated rings. The number of carbonyl (C=O) groups is 2. The van der Waals surface area contributed by atoms with Gasteiger partial charge in [0.25, 0.3) is 0 Å². The van der Waals surface area contributed by atoms with E-state index in [4.69, 9.17) is 4.52 Å². The standard InChI is InChI=1S/C13H21N3O4/c1-5-16(8-13(18)19-4)7-11(17)14-12-6-10(9(2)3)15-20-12/h6,9H,5,7-8H2,1-4H3,(H,14,17). The Morgan fingerprint density at radius 3 is 2.65 bits per heavy atom. The Morgan fingerprint density at radius 2 is 2.15 bits per heavy atom. The molecule has 1 rings (SSSR count). The molecular weight excluding hydrogens is 262 g/mol. The summed E-state index contributed by atoms with van der Waals surface area (Å²) in [5, 5.41) is 6.46. The first-order valence-electron chi connectivity index (χ1n) is 6.51. The molecule has 1 aromatic rings. The summed E-state index contributed by atoms with van der Waals surface area (Å²) < 4.78 is 9.59. The molecule has 0 aliphatic heterocycles. The van der Waals surface area contributed by atoms with E-state index in [1.807, 2.05) is 20.8 Å². The molecular formula is C13H21N3O4. The van der Waals surface area contributed by atoms with E-state index < -0.39 is 0 Å². The maximum absolute atomic E-state index is 11.8. The van der Waals surface area contributed by atoms with Gasteiger partial charge in [0.05, 0.1) is 25.9 Å². The first-order valence-corrected chi connectivity index (χ1v) is 6.51. The molecule has 1 amide bonds. The van der Waals surface area contributed by atoms with Crippen molar-refractivity contribution in [2.75, 3.05) is 32.1 Å². The van der Waals surface area contributed by atoms with Crippen LogP contribution < -0.4 is 5.32 Å². The Balaban J connectivity index is 2.50. The predicted molar refractivity (Wildman–Crippen MR) is 73.4 cm³/mol. The number of amides is 1. The van der Waals surface area contributed by atoms with Gasteiger partial charge in [0.1, 0.15) is 0 Å². The van der Waals surface area contributed by atoms with Crippen LogP contribution in [0.25, 0.3) is 0 Å². The van der Waals surface area contributed by atoms with Crippen LogP contribution in [0.15, 0.2) is 10.6 Å². The second-order valence-corrected chi connectivity index (χ2v) is 4.70. The zero-order valence-corrected chi connectivity index (χ0v) is 12.3. The third kappa shape index (κ3) is 5.00. The molecule has 0 bridgehead atoms. The number of hydrogen-bond acceptors (Lipinski definition) is 6. The summed E-state index contributed by atoms with van der Waals surface area (Å²) in [5.74, 6) is -0.0905. The molecule has 7 heteroatoms. The largest absolute Gasteiger partial charge is 0.468 e. The number of carbonyl (C=O) groups excluding carboxylic acids is 2. The molecule has 0 saturated heterocycles. The van der Waals surface area contributed by atoms with Crippen molar-refractivity contribution in [3.63, 3.8) is 0 Å². The van der Waals surface area contributed by atoms with Gasteiger partial charge in [-0.3, -0.25) is 19.8 Å². The lowest BCUT2D eigenvalue weighted by molar-refractivity contribution is -0.142. The maximum atomic E-state index is 11.8. The zero-order chi connectivity index (χ0) is 15.1. The lowest BCUT2D eigenvalue weighted by Gasteiger charge is -2.17. The fourth-order valence-corrected chi connectivity index (χ4v) is 1.53. The number of nitrogens with one attached hydrogen (secondary N) is 1. The average molecular weight is 283 g/mol. The van der Waals surface area contributed by atoms with Crippen LogP contribution in [-0.4, -0.2) is 48.7 Å². The monoisotopic (exact) mass is 283 g/mol. The fraction of sp³-hybridized carbons (Fsp3) is 0.615. The van der Waals surface area contributed by atoms with Gasteiger partial charge in [-0.25, -0.2) is 0 Å². The van der Waals surface area contributed by atoms with Crippen molar-refractivity contribution in [2.45, 2.75) is 26.7 Å². The minimum Gasteiger partial charge on any atom is -0.468 e. The number of rotatable bonds is 7. The quantitative estimate of drug-likeness (QED) is 0.758. The first kappa shape index (κ1) is 16.2. The van der Waals surface area contributed by atoms with Crippen molar-refractivity contribution >= 4 is 17.8 Å². The molecule has 1 heterocycles. The van der Waals surface area contributed by atoms with Crippen LogP contribution in [0.5, 0.6) is 0 Å². The second kappa shape index (κ2) is 7.64. The van der Waals surface area contributed by atoms with Crippen LogP contribution in [-0.2, 0) is 14.3 Å². The van der Waals surface area contributed by atoms with Crippen LogP contribution >= 0.6 is 0 Å². The van der Waals surface area contributed by atoms with Gasteiger partial charge < -0.3 is 9.26 Å². The van der Waals surface area contributed by atoms with Gasteiger partial charge in [-0.2, -0.15) is 0 Å². The number of aromatic nitrogens is 1. The van der Waals surface area contributed by atoms with Crippen LogP contribution in [0.3, 0.4) is 0 Å². The molecule has 0 unspecified atom stereocenters. The van der Waals surface area contributed by atoms with Crippen LogP contribution in [0.1, 0.15) is 32.4 Å². The second-order valence-electron chi connectivity index (χ2n) is 4.70. The van der Waals surface area contributed by atoms with E-state index in [1.54, 1.807) is 11.0 Å². The van der Waals surface area contributed by atoms with Gasteiger partial charge in [0, 0.05) is 6.07 Å². The van der Waals surface area contributed by atoms with Crippen molar-refractivity contribution in [2.24, 2.45) is 0 Å². The molecule has 0 saturated carbocycles. The van der Waals surface area contributed by atoms with Gasteiger partial charge in [0.15, 0.2) is 0 Å². The number of anilines is 1. The highest BCUT2D eigenvalue weighted by molar-refractivity contribution is 5.91. The number of esters is 1. The Kier molecular flexibility index (Phi) is 6.17. The van der Waals surface area contributed by atoms with Gasteiger partial charge in [0.2, 0.25) is 11.8 Å². The van der Waals surface area contributed by atoms with Crippen molar-refractivity contribution in [1.82, 2.24) is 10.1 Å². The van der Waals surface area contributed by atoms with Gasteiger partial charge >= 0.3 is 5.97 Å². The molecule has 1 aromatic heterocycles. The lowest BCUT2D eigenvalue weighted by atomic mass is 10.1. The predicted octanol–water partition coefficient (Wildman–Crippen LogP) is 1.23. The molecule has 0 aliphatic carbocycles. The summed E-state index contributed by atoms with van der Waals surface area (Å²) in [5.41, 5.74) is 0.780. The summed E-state index contributed by atoms with van der Waals surface area (Å²) in [7, 11) is 1.32. The Bertz CT molecular complexity index is 456. The number of nitrogens with zero attached hydrogens (tertiary/aromatic N) is 2. The van der Waals surface area contributed by atoms with Gasteiger partial charge in [-0.05, 0) is 12.5 Å². The molecule has 0 radical (unpaired) electrons. The highest BCUT2D eigenvalue weighted by Crippen LogP contribution is 2.17. The van der Waals surface area contributed by atoms with Crippen LogP contribution in [0, 0.1) is 0 Å². The molecule has 20 heavy (non-hydrogen) atoms. The highest BCUT2D eigenvalue weighted by atomic mass is 16.5. The van der Waals surface area contributed by atoms with Crippen molar-refractivity contribution in [3.05, 3.63) is 11.8 Å². The van der Waals surface area contributed by atoms with E-state index in [9.17, 15) is 9.59 Å². The van der Waals surface area contributed by atoms with E-state index in [2.05, 4.69) is 15.2 Å². The molecule has 1 N–H and O–H groups in total. The Hall–Kier alpha value is -1.89. The summed E-state index contributed by atoms with van der Waals surface area (Å²) in [6, 6.07) is 1.69. The molecule has 0 aliphatic rings. The number of methoxy groups -OCH3 is 1. The topological polar surface area (TPSA) is 84.7 Å². The van der Waals surface area contributed by atoms with Gasteiger partial charge in [-0.15, -0.1) is 0 Å². The number of hydrogen-bond donors (Lipinski definition) is 1. The minimum absolute atomic E-state index is 0.0774. The first-order chi connectivity index (χ1) is 9.46. The third-order valence-electron chi connectivity index (χ3n) is 2.78. The van der Waals surface area contributed by atoms with E-state index in [-0.39, 0.29) is 30.9 Å². The molecule has 0 aromatic carbocycles. The maximum Gasteiger partial charge on any atom is 0.319 e. The van der Waals surface area contributed by atoms with E-state index >= 15 is 0 Å². The van der Waals surface area contributed by atoms with E-state index in [0.29, 0.717) is 12.4 Å². The molecule has 0 spiro atoms. The Labute approximate surface area is 118 Å². The van der Waals surface area contributed by atoms with Crippen molar-refractivity contribution in [3.8, 4) is 0 Å². The number of likely N-dealkylation sites (N-methyl/N-ethyl adjacent to an activating group) is 1. The van der Waals surface area contributed by atoms with Gasteiger partial charge in [-0.1, -0.05) is 25.9 Å². The summed E-state index contributed by atoms with van der Waals surface area (Å²) in [4.78, 5) is 24.7. The van der Waals surface area contributed by atoms with Crippen LogP contribution in [0.4, 0.5) is 5.88 Å². The summed E-state index contributed by atoms with van der Waals surface area (Å²) in [6.45, 7) is 6.56. The van der Waals surface area contributed by atoms with E-state index in [1.165, 1.54) is 7.11 Å². The van der Waals surface area contributed by atoms with Crippen molar-refractivity contribution < 1.29 is 18.8 Å².